The average Bonchev–Trinajstić information content (AvgIpc) is 3.31. The fraction of sp³-hybridized carbons (Fsp3) is 0.211. The predicted molar refractivity (Wildman–Crippen MR) is 95.0 cm³/mol. The van der Waals surface area contributed by atoms with Gasteiger partial charge in [-0.2, -0.15) is 0 Å². The Morgan fingerprint density at radius 2 is 2.04 bits per heavy atom. The molecule has 0 bridgehead atoms. The maximum absolute atomic E-state index is 12.3. The van der Waals surface area contributed by atoms with Crippen LogP contribution in [0.4, 0.5) is 0 Å². The number of hydrogen-bond acceptors (Lipinski definition) is 3. The van der Waals surface area contributed by atoms with Crippen LogP contribution in [0.5, 0.6) is 0 Å². The lowest BCUT2D eigenvalue weighted by atomic mass is 10.2. The number of amides is 1. The molecule has 1 saturated heterocycles. The van der Waals surface area contributed by atoms with Crippen LogP contribution in [-0.2, 0) is 11.3 Å². The van der Waals surface area contributed by atoms with Crippen LogP contribution in [-0.4, -0.2) is 21.1 Å². The van der Waals surface area contributed by atoms with Gasteiger partial charge in [-0.1, -0.05) is 17.7 Å². The molecule has 1 amide bonds. The van der Waals surface area contributed by atoms with Crippen molar-refractivity contribution < 1.29 is 9.21 Å². The fourth-order valence-corrected chi connectivity index (χ4v) is 4.08. The second-order valence-electron chi connectivity index (χ2n) is 5.95. The molecule has 0 saturated carbocycles. The molecule has 1 aliphatic rings. The van der Waals surface area contributed by atoms with E-state index < -0.39 is 0 Å². The number of aryl methyl sites for hydroxylation is 1. The standard InChI is InChI=1S/C19H18N2O2S/c1-14-4-6-16(7-5-14)20-9-8-15(11-20)19-21(18(22)13-24-19)12-17-3-2-10-23-17/h2-11,19H,12-13H2,1H3/t19-/m0/s1. The summed E-state index contributed by atoms with van der Waals surface area (Å²) in [6.45, 7) is 2.59. The second-order valence-corrected chi connectivity index (χ2v) is 7.02. The Bertz CT molecular complexity index is 837. The maximum Gasteiger partial charge on any atom is 0.234 e. The Balaban J connectivity index is 1.58. The summed E-state index contributed by atoms with van der Waals surface area (Å²) in [5.74, 6) is 1.49. The summed E-state index contributed by atoms with van der Waals surface area (Å²) in [5.41, 5.74) is 3.50. The first kappa shape index (κ1) is 15.1. The first-order chi connectivity index (χ1) is 11.7. The SMILES string of the molecule is Cc1ccc(-n2ccc([C@@H]3SCC(=O)N3Cc3ccco3)c2)cc1. The summed E-state index contributed by atoms with van der Waals surface area (Å²) in [6, 6.07) is 14.3. The van der Waals surface area contributed by atoms with Crippen LogP contribution < -0.4 is 0 Å². The highest BCUT2D eigenvalue weighted by molar-refractivity contribution is 8.00. The summed E-state index contributed by atoms with van der Waals surface area (Å²) in [5, 5.41) is 0.0364. The quantitative estimate of drug-likeness (QED) is 0.717. The Morgan fingerprint density at radius 3 is 2.79 bits per heavy atom. The van der Waals surface area contributed by atoms with Crippen molar-refractivity contribution in [2.75, 3.05) is 5.75 Å². The van der Waals surface area contributed by atoms with Gasteiger partial charge in [-0.25, -0.2) is 0 Å². The molecule has 122 valence electrons. The third kappa shape index (κ3) is 2.87. The molecule has 1 fully saturated rings. The van der Waals surface area contributed by atoms with Crippen LogP contribution in [0.1, 0.15) is 22.3 Å². The van der Waals surface area contributed by atoms with Crippen molar-refractivity contribution in [3.8, 4) is 5.69 Å². The van der Waals surface area contributed by atoms with Crippen LogP contribution in [0, 0.1) is 6.92 Å². The van der Waals surface area contributed by atoms with E-state index in [1.807, 2.05) is 17.0 Å². The molecule has 24 heavy (non-hydrogen) atoms. The number of hydrogen-bond donors (Lipinski definition) is 0. The summed E-state index contributed by atoms with van der Waals surface area (Å²) in [7, 11) is 0. The third-order valence-electron chi connectivity index (χ3n) is 4.21. The Hall–Kier alpha value is -2.40. The van der Waals surface area contributed by atoms with Gasteiger partial charge in [0.05, 0.1) is 18.6 Å². The van der Waals surface area contributed by atoms with E-state index >= 15 is 0 Å². The molecule has 1 aliphatic heterocycles. The van der Waals surface area contributed by atoms with Gasteiger partial charge >= 0.3 is 0 Å². The lowest BCUT2D eigenvalue weighted by Gasteiger charge is -2.22. The molecule has 4 rings (SSSR count). The Labute approximate surface area is 145 Å². The molecule has 1 atom stereocenters. The number of carbonyl (C=O) groups is 1. The number of thioether (sulfide) groups is 1. The minimum atomic E-state index is 0.0364. The molecular formula is C19H18N2O2S. The van der Waals surface area contributed by atoms with Gasteiger partial charge in [-0.3, -0.25) is 4.79 Å². The van der Waals surface area contributed by atoms with E-state index in [1.54, 1.807) is 18.0 Å². The normalized spacial score (nSPS) is 17.6. The van der Waals surface area contributed by atoms with E-state index in [9.17, 15) is 4.79 Å². The van der Waals surface area contributed by atoms with Crippen LogP contribution in [0.25, 0.3) is 5.69 Å². The third-order valence-corrected chi connectivity index (χ3v) is 5.46. The number of carbonyl (C=O) groups excluding carboxylic acids is 1. The average molecular weight is 338 g/mol. The summed E-state index contributed by atoms with van der Waals surface area (Å²) >= 11 is 1.67. The van der Waals surface area contributed by atoms with Crippen molar-refractivity contribution in [2.24, 2.45) is 0 Å². The van der Waals surface area contributed by atoms with Crippen LogP contribution in [0.2, 0.25) is 0 Å². The van der Waals surface area contributed by atoms with Gasteiger partial charge in [0.15, 0.2) is 0 Å². The molecule has 0 radical (unpaired) electrons. The minimum absolute atomic E-state index is 0.0364. The van der Waals surface area contributed by atoms with Crippen LogP contribution >= 0.6 is 11.8 Å². The first-order valence-corrected chi connectivity index (χ1v) is 8.94. The van der Waals surface area contributed by atoms with E-state index in [0.717, 1.165) is 17.0 Å². The summed E-state index contributed by atoms with van der Waals surface area (Å²) in [4.78, 5) is 14.1. The predicted octanol–water partition coefficient (Wildman–Crippen LogP) is 4.15. The molecule has 3 heterocycles. The minimum Gasteiger partial charge on any atom is -0.467 e. The van der Waals surface area contributed by atoms with Crippen molar-refractivity contribution in [2.45, 2.75) is 18.8 Å². The van der Waals surface area contributed by atoms with Crippen molar-refractivity contribution >= 4 is 17.7 Å². The lowest BCUT2D eigenvalue weighted by Crippen LogP contribution is -2.27. The van der Waals surface area contributed by atoms with E-state index in [4.69, 9.17) is 4.42 Å². The van der Waals surface area contributed by atoms with Gasteiger partial charge in [-0.15, -0.1) is 11.8 Å². The second kappa shape index (κ2) is 6.24. The number of rotatable bonds is 4. The van der Waals surface area contributed by atoms with Gasteiger partial charge in [0.2, 0.25) is 5.91 Å². The van der Waals surface area contributed by atoms with Crippen molar-refractivity contribution in [3.05, 3.63) is 78.0 Å². The number of benzene rings is 1. The van der Waals surface area contributed by atoms with Gasteiger partial charge in [0, 0.05) is 23.6 Å². The molecule has 0 N–H and O–H groups in total. The van der Waals surface area contributed by atoms with Crippen LogP contribution in [0.15, 0.2) is 65.5 Å². The molecule has 0 spiro atoms. The number of aromatic nitrogens is 1. The molecule has 5 heteroatoms. The Morgan fingerprint density at radius 1 is 1.21 bits per heavy atom. The molecule has 1 aromatic carbocycles. The highest BCUT2D eigenvalue weighted by atomic mass is 32.2. The lowest BCUT2D eigenvalue weighted by molar-refractivity contribution is -0.128. The largest absolute Gasteiger partial charge is 0.467 e. The molecular weight excluding hydrogens is 320 g/mol. The summed E-state index contributed by atoms with van der Waals surface area (Å²) < 4.78 is 7.51. The summed E-state index contributed by atoms with van der Waals surface area (Å²) in [6.07, 6.45) is 5.80. The van der Waals surface area contributed by atoms with Gasteiger partial charge in [0.1, 0.15) is 11.1 Å². The van der Waals surface area contributed by atoms with Gasteiger partial charge in [-0.05, 0) is 37.3 Å². The van der Waals surface area contributed by atoms with E-state index in [-0.39, 0.29) is 11.3 Å². The Kier molecular flexibility index (Phi) is 3.94. The monoisotopic (exact) mass is 338 g/mol. The zero-order valence-corrected chi connectivity index (χ0v) is 14.2. The zero-order valence-electron chi connectivity index (χ0n) is 13.4. The highest BCUT2D eigenvalue weighted by Crippen LogP contribution is 2.40. The van der Waals surface area contributed by atoms with Gasteiger partial charge < -0.3 is 13.9 Å². The molecule has 2 aromatic heterocycles. The van der Waals surface area contributed by atoms with E-state index in [0.29, 0.717) is 12.3 Å². The van der Waals surface area contributed by atoms with E-state index in [1.165, 1.54) is 5.56 Å². The number of nitrogens with zero attached hydrogens (tertiary/aromatic N) is 2. The first-order valence-electron chi connectivity index (χ1n) is 7.89. The van der Waals surface area contributed by atoms with E-state index in [2.05, 4.69) is 54.2 Å². The fourth-order valence-electron chi connectivity index (χ4n) is 2.91. The van der Waals surface area contributed by atoms with Crippen molar-refractivity contribution in [3.63, 3.8) is 0 Å². The zero-order chi connectivity index (χ0) is 16.5. The smallest absolute Gasteiger partial charge is 0.234 e. The highest BCUT2D eigenvalue weighted by Gasteiger charge is 2.33. The molecule has 0 aliphatic carbocycles. The van der Waals surface area contributed by atoms with Gasteiger partial charge in [0.25, 0.3) is 0 Å². The maximum atomic E-state index is 12.3. The van der Waals surface area contributed by atoms with Crippen LogP contribution in [0.3, 0.4) is 0 Å². The molecule has 3 aromatic rings. The van der Waals surface area contributed by atoms with Crippen molar-refractivity contribution in [1.82, 2.24) is 9.47 Å². The topological polar surface area (TPSA) is 38.4 Å². The number of furan rings is 1. The molecule has 0 unspecified atom stereocenters. The van der Waals surface area contributed by atoms with Crippen molar-refractivity contribution in [1.29, 1.82) is 0 Å². The molecule has 4 nitrogen and oxygen atoms in total.